The third-order valence-electron chi connectivity index (χ3n) is 5.26. The highest BCUT2D eigenvalue weighted by molar-refractivity contribution is 9.10. The third-order valence-corrected chi connectivity index (χ3v) is 5.85. The fourth-order valence-corrected chi connectivity index (χ4v) is 4.17. The second-order valence-electron chi connectivity index (χ2n) is 7.11. The van der Waals surface area contributed by atoms with Gasteiger partial charge in [-0.05, 0) is 46.5 Å². The Morgan fingerprint density at radius 3 is 2.96 bits per heavy atom. The number of pyridine rings is 2. The summed E-state index contributed by atoms with van der Waals surface area (Å²) in [6.45, 7) is 0.918. The maximum Gasteiger partial charge on any atom is 0.161 e. The van der Waals surface area contributed by atoms with E-state index in [4.69, 9.17) is 0 Å². The Bertz CT molecular complexity index is 898. The number of imidazole rings is 1. The Hall–Kier alpha value is -2.12. The van der Waals surface area contributed by atoms with E-state index in [1.807, 2.05) is 22.9 Å². The molecule has 27 heavy (non-hydrogen) atoms. The average molecular weight is 430 g/mol. The second-order valence-corrected chi connectivity index (χ2v) is 7.92. The molecule has 0 bridgehead atoms. The van der Waals surface area contributed by atoms with Gasteiger partial charge in [-0.1, -0.05) is 18.9 Å². The van der Waals surface area contributed by atoms with Gasteiger partial charge >= 0.3 is 0 Å². The van der Waals surface area contributed by atoms with E-state index in [-0.39, 0.29) is 6.61 Å². The number of aliphatic hydroxyl groups is 1. The number of anilines is 2. The van der Waals surface area contributed by atoms with Crippen molar-refractivity contribution in [2.24, 2.45) is 5.92 Å². The van der Waals surface area contributed by atoms with Gasteiger partial charge in [0.1, 0.15) is 4.60 Å². The molecule has 0 radical (unpaired) electrons. The lowest BCUT2D eigenvalue weighted by Gasteiger charge is -2.31. The molecule has 6 nitrogen and oxygen atoms in total. The fraction of sp³-hybridized carbons (Fsp3) is 0.400. The zero-order valence-electron chi connectivity index (χ0n) is 15.1. The van der Waals surface area contributed by atoms with E-state index in [0.29, 0.717) is 18.5 Å². The number of hydrogen-bond donors (Lipinski definition) is 3. The van der Waals surface area contributed by atoms with Crippen molar-refractivity contribution in [3.8, 4) is 0 Å². The van der Waals surface area contributed by atoms with Gasteiger partial charge in [-0.2, -0.15) is 0 Å². The van der Waals surface area contributed by atoms with Crippen LogP contribution >= 0.6 is 15.9 Å². The first-order chi connectivity index (χ1) is 13.2. The van der Waals surface area contributed by atoms with E-state index >= 15 is 0 Å². The van der Waals surface area contributed by atoms with Crippen LogP contribution in [0.3, 0.4) is 0 Å². The molecule has 2 atom stereocenters. The van der Waals surface area contributed by atoms with E-state index in [1.54, 1.807) is 6.20 Å². The van der Waals surface area contributed by atoms with E-state index < -0.39 is 0 Å². The van der Waals surface area contributed by atoms with Crippen molar-refractivity contribution in [1.29, 1.82) is 0 Å². The van der Waals surface area contributed by atoms with Gasteiger partial charge in [-0.3, -0.25) is 9.38 Å². The topological polar surface area (TPSA) is 74.5 Å². The number of hydrogen-bond acceptors (Lipinski definition) is 5. The summed E-state index contributed by atoms with van der Waals surface area (Å²) in [6, 6.07) is 6.40. The first-order valence-corrected chi connectivity index (χ1v) is 10.2. The van der Waals surface area contributed by atoms with E-state index in [2.05, 4.69) is 54.9 Å². The van der Waals surface area contributed by atoms with Crippen molar-refractivity contribution in [2.75, 3.05) is 17.2 Å². The molecule has 1 aliphatic carbocycles. The highest BCUT2D eigenvalue weighted by atomic mass is 79.9. The summed E-state index contributed by atoms with van der Waals surface area (Å²) in [7, 11) is 0. The first-order valence-electron chi connectivity index (χ1n) is 9.41. The second kappa shape index (κ2) is 8.27. The molecule has 0 aliphatic heterocycles. The van der Waals surface area contributed by atoms with Crippen LogP contribution in [0.4, 0.5) is 11.4 Å². The molecule has 0 aromatic carbocycles. The zero-order chi connectivity index (χ0) is 18.6. The van der Waals surface area contributed by atoms with Crippen LogP contribution in [0, 0.1) is 5.92 Å². The first kappa shape index (κ1) is 18.3. The van der Waals surface area contributed by atoms with Gasteiger partial charge < -0.3 is 15.7 Å². The van der Waals surface area contributed by atoms with E-state index in [1.165, 1.54) is 12.8 Å². The Morgan fingerprint density at radius 1 is 1.26 bits per heavy atom. The van der Waals surface area contributed by atoms with Gasteiger partial charge in [0.15, 0.2) is 5.65 Å². The van der Waals surface area contributed by atoms with Crippen LogP contribution in [-0.4, -0.2) is 32.1 Å². The molecule has 3 heterocycles. The molecule has 3 aromatic rings. The Kier molecular flexibility index (Phi) is 5.59. The van der Waals surface area contributed by atoms with Crippen molar-refractivity contribution >= 4 is 33.0 Å². The number of rotatable bonds is 6. The van der Waals surface area contributed by atoms with Crippen molar-refractivity contribution in [3.63, 3.8) is 0 Å². The Labute approximate surface area is 167 Å². The number of aliphatic hydroxyl groups excluding tert-OH is 1. The van der Waals surface area contributed by atoms with Gasteiger partial charge in [0, 0.05) is 43.7 Å². The summed E-state index contributed by atoms with van der Waals surface area (Å²) in [4.78, 5) is 8.69. The number of fused-ring (bicyclic) bond motifs is 1. The predicted octanol–water partition coefficient (Wildman–Crippen LogP) is 4.07. The van der Waals surface area contributed by atoms with Crippen LogP contribution in [0.2, 0.25) is 0 Å². The smallest absolute Gasteiger partial charge is 0.161 e. The van der Waals surface area contributed by atoms with Gasteiger partial charge in [-0.25, -0.2) is 4.98 Å². The maximum absolute atomic E-state index is 9.71. The van der Waals surface area contributed by atoms with Crippen LogP contribution < -0.4 is 10.6 Å². The summed E-state index contributed by atoms with van der Waals surface area (Å²) < 4.78 is 2.94. The van der Waals surface area contributed by atoms with Crippen LogP contribution in [0.5, 0.6) is 0 Å². The molecule has 3 N–H and O–H groups in total. The molecule has 1 fully saturated rings. The lowest BCUT2D eigenvalue weighted by atomic mass is 9.85. The highest BCUT2D eigenvalue weighted by Crippen LogP contribution is 2.30. The van der Waals surface area contributed by atoms with Gasteiger partial charge in [0.05, 0.1) is 17.6 Å². The van der Waals surface area contributed by atoms with Crippen molar-refractivity contribution in [1.82, 2.24) is 14.4 Å². The monoisotopic (exact) mass is 429 g/mol. The molecule has 3 aromatic heterocycles. The molecule has 4 rings (SSSR count). The summed E-state index contributed by atoms with van der Waals surface area (Å²) >= 11 is 3.58. The molecule has 142 valence electrons. The van der Waals surface area contributed by atoms with Crippen molar-refractivity contribution < 1.29 is 5.11 Å². The summed E-state index contributed by atoms with van der Waals surface area (Å²) in [6.07, 6.45) is 12.1. The normalized spacial score (nSPS) is 19.9. The van der Waals surface area contributed by atoms with Gasteiger partial charge in [0.2, 0.25) is 0 Å². The van der Waals surface area contributed by atoms with Gasteiger partial charge in [0.25, 0.3) is 0 Å². The molecule has 0 unspecified atom stereocenters. The van der Waals surface area contributed by atoms with E-state index in [9.17, 15) is 5.11 Å². The largest absolute Gasteiger partial charge is 0.396 e. The molecule has 1 aliphatic rings. The highest BCUT2D eigenvalue weighted by Gasteiger charge is 2.24. The minimum absolute atomic E-state index is 0.237. The molecule has 0 amide bonds. The number of nitrogens with one attached hydrogen (secondary N) is 2. The summed E-state index contributed by atoms with van der Waals surface area (Å²) in [5.74, 6) is 0.312. The zero-order valence-corrected chi connectivity index (χ0v) is 16.7. The number of aromatic nitrogens is 3. The lowest BCUT2D eigenvalue weighted by molar-refractivity contribution is 0.178. The number of nitrogens with zero attached hydrogens (tertiary/aromatic N) is 3. The minimum atomic E-state index is 0.237. The Balaban J connectivity index is 1.60. The SMILES string of the molecule is OC[C@H]1CCCC[C@@H]1Nc1cc(NCc2cccnc2)c2ncc(Br)n2c1. The summed E-state index contributed by atoms with van der Waals surface area (Å²) in [5, 5.41) is 16.8. The van der Waals surface area contributed by atoms with Crippen LogP contribution in [0.25, 0.3) is 5.65 Å². The molecular formula is C20H24BrN5O. The Morgan fingerprint density at radius 2 is 2.15 bits per heavy atom. The average Bonchev–Trinajstić information content (AvgIpc) is 3.08. The quantitative estimate of drug-likeness (QED) is 0.550. The molecule has 0 spiro atoms. The minimum Gasteiger partial charge on any atom is -0.396 e. The van der Waals surface area contributed by atoms with Crippen molar-refractivity contribution in [3.05, 3.63) is 53.2 Å². The van der Waals surface area contributed by atoms with E-state index in [0.717, 1.165) is 40.0 Å². The van der Waals surface area contributed by atoms with Crippen molar-refractivity contribution in [2.45, 2.75) is 38.3 Å². The molecule has 0 saturated heterocycles. The van der Waals surface area contributed by atoms with Crippen LogP contribution in [-0.2, 0) is 6.54 Å². The standard InChI is InChI=1S/C20H24BrN5O/c21-19-11-24-20-18(23-10-14-4-3-7-22-9-14)8-16(12-26(19)20)25-17-6-2-1-5-15(17)13-27/h3-4,7-9,11-12,15,17,23,25,27H,1-2,5-6,10,13H2/t15-,17+/m1/s1. The fourth-order valence-electron chi connectivity index (χ4n) is 3.80. The molecule has 7 heteroatoms. The predicted molar refractivity (Wildman–Crippen MR) is 111 cm³/mol. The summed E-state index contributed by atoms with van der Waals surface area (Å²) in [5.41, 5.74) is 3.98. The maximum atomic E-state index is 9.71. The lowest BCUT2D eigenvalue weighted by Crippen LogP contribution is -2.34. The third kappa shape index (κ3) is 4.09. The van der Waals surface area contributed by atoms with Crippen LogP contribution in [0.1, 0.15) is 31.2 Å². The van der Waals surface area contributed by atoms with Gasteiger partial charge in [-0.15, -0.1) is 0 Å². The van der Waals surface area contributed by atoms with Crippen LogP contribution in [0.15, 0.2) is 47.6 Å². The molecule has 1 saturated carbocycles. The number of halogens is 1. The molecular weight excluding hydrogens is 406 g/mol.